The average Bonchev–Trinajstić information content (AvgIpc) is 3.30. The molecule has 0 heterocycles. The second-order valence-electron chi connectivity index (χ2n) is 5.40. The molecule has 1 unspecified atom stereocenters. The molecule has 0 saturated heterocycles. The largest absolute Gasteiger partial charge is 0.335 e. The molecule has 5 heteroatoms. The predicted octanol–water partition coefficient (Wildman–Crippen LogP) is 4.14. The molecule has 2 aromatic rings. The lowest BCUT2D eigenvalue weighted by Gasteiger charge is -2.21. The Bertz CT molecular complexity index is 674. The van der Waals surface area contributed by atoms with Gasteiger partial charge in [-0.25, -0.2) is 9.18 Å². The Kier molecular flexibility index (Phi) is 4.43. The number of hydrogen-bond donors (Lipinski definition) is 2. The van der Waals surface area contributed by atoms with Gasteiger partial charge in [-0.1, -0.05) is 52.3 Å². The number of amides is 2. The van der Waals surface area contributed by atoms with Crippen LogP contribution < -0.4 is 10.6 Å². The van der Waals surface area contributed by atoms with Gasteiger partial charge in [0.15, 0.2) is 0 Å². The van der Waals surface area contributed by atoms with E-state index in [2.05, 4.69) is 26.6 Å². The number of benzene rings is 2. The van der Waals surface area contributed by atoms with Crippen molar-refractivity contribution in [1.82, 2.24) is 10.6 Å². The molecule has 2 amide bonds. The van der Waals surface area contributed by atoms with E-state index in [0.29, 0.717) is 10.0 Å². The summed E-state index contributed by atoms with van der Waals surface area (Å²) in [5.41, 5.74) is 1.29. The van der Waals surface area contributed by atoms with Crippen molar-refractivity contribution in [2.75, 3.05) is 0 Å². The van der Waals surface area contributed by atoms with Crippen molar-refractivity contribution in [3.05, 3.63) is 69.9 Å². The minimum absolute atomic E-state index is 0.256. The molecule has 0 bridgehead atoms. The molecule has 0 aliphatic heterocycles. The van der Waals surface area contributed by atoms with Crippen molar-refractivity contribution in [3.63, 3.8) is 0 Å². The van der Waals surface area contributed by atoms with Crippen LogP contribution in [0.4, 0.5) is 9.18 Å². The fourth-order valence-electron chi connectivity index (χ4n) is 2.31. The normalized spacial score (nSPS) is 15.2. The molecule has 1 atom stereocenters. The summed E-state index contributed by atoms with van der Waals surface area (Å²) in [6.07, 6.45) is 2.02. The van der Waals surface area contributed by atoms with Gasteiger partial charge in [-0.2, -0.15) is 0 Å². The fourth-order valence-corrected chi connectivity index (χ4v) is 2.64. The summed E-state index contributed by atoms with van der Waals surface area (Å²) < 4.78 is 15.0. The summed E-state index contributed by atoms with van der Waals surface area (Å²) in [4.78, 5) is 12.1. The molecular formula is C17H16BrFN2O. The van der Waals surface area contributed by atoms with Crippen LogP contribution in [0.25, 0.3) is 0 Å². The molecular weight excluding hydrogens is 347 g/mol. The topological polar surface area (TPSA) is 41.1 Å². The minimum atomic E-state index is -0.520. The second-order valence-corrected chi connectivity index (χ2v) is 6.32. The molecule has 22 heavy (non-hydrogen) atoms. The first-order valence-corrected chi connectivity index (χ1v) is 8.00. The van der Waals surface area contributed by atoms with Gasteiger partial charge in [0.2, 0.25) is 0 Å². The molecule has 0 aromatic heterocycles. The summed E-state index contributed by atoms with van der Waals surface area (Å²) in [5.74, 6) is -0.352. The third-order valence-corrected chi connectivity index (χ3v) is 4.09. The lowest BCUT2D eigenvalue weighted by molar-refractivity contribution is 0.238. The first-order chi connectivity index (χ1) is 10.6. The Morgan fingerprint density at radius 2 is 1.91 bits per heavy atom. The van der Waals surface area contributed by atoms with Crippen LogP contribution in [-0.4, -0.2) is 12.1 Å². The highest BCUT2D eigenvalue weighted by Crippen LogP contribution is 2.27. The Morgan fingerprint density at radius 1 is 1.18 bits per heavy atom. The summed E-state index contributed by atoms with van der Waals surface area (Å²) in [6.45, 7) is 0. The van der Waals surface area contributed by atoms with Gasteiger partial charge in [-0.05, 0) is 30.5 Å². The van der Waals surface area contributed by atoms with Gasteiger partial charge in [0.05, 0.1) is 6.04 Å². The van der Waals surface area contributed by atoms with E-state index in [1.165, 1.54) is 6.07 Å². The first kappa shape index (κ1) is 15.0. The fraction of sp³-hybridized carbons (Fsp3) is 0.235. The van der Waals surface area contributed by atoms with Crippen LogP contribution in [0.2, 0.25) is 0 Å². The van der Waals surface area contributed by atoms with Crippen LogP contribution in [0.1, 0.15) is 30.0 Å². The van der Waals surface area contributed by atoms with E-state index < -0.39 is 6.04 Å². The van der Waals surface area contributed by atoms with Crippen molar-refractivity contribution >= 4 is 22.0 Å². The number of rotatable bonds is 4. The molecule has 0 spiro atoms. The lowest BCUT2D eigenvalue weighted by Crippen LogP contribution is -2.39. The Hall–Kier alpha value is -1.88. The predicted molar refractivity (Wildman–Crippen MR) is 87.1 cm³/mol. The molecule has 2 aromatic carbocycles. The van der Waals surface area contributed by atoms with Gasteiger partial charge >= 0.3 is 6.03 Å². The standard InChI is InChI=1S/C17H16BrFN2O/c18-12-6-9-14(15(19)10-12)16(11-4-2-1-3-5-11)21-17(22)20-13-7-8-13/h1-6,9-10,13,16H,7-8H2,(H2,20,21,22). The van der Waals surface area contributed by atoms with E-state index in [0.717, 1.165) is 18.4 Å². The smallest absolute Gasteiger partial charge is 0.315 e. The monoisotopic (exact) mass is 362 g/mol. The SMILES string of the molecule is O=C(NC1CC1)NC(c1ccccc1)c1ccc(Br)cc1F. The number of hydrogen-bond acceptors (Lipinski definition) is 1. The molecule has 114 valence electrons. The zero-order valence-corrected chi connectivity index (χ0v) is 13.4. The van der Waals surface area contributed by atoms with Crippen LogP contribution in [0.5, 0.6) is 0 Å². The Balaban J connectivity index is 1.89. The van der Waals surface area contributed by atoms with E-state index >= 15 is 0 Å². The van der Waals surface area contributed by atoms with Crippen LogP contribution in [-0.2, 0) is 0 Å². The van der Waals surface area contributed by atoms with Crippen molar-refractivity contribution in [3.8, 4) is 0 Å². The lowest BCUT2D eigenvalue weighted by atomic mass is 9.98. The van der Waals surface area contributed by atoms with Gasteiger partial charge in [-0.15, -0.1) is 0 Å². The molecule has 3 nitrogen and oxygen atoms in total. The third-order valence-electron chi connectivity index (χ3n) is 3.59. The van der Waals surface area contributed by atoms with E-state index in [1.54, 1.807) is 12.1 Å². The number of nitrogens with one attached hydrogen (secondary N) is 2. The second kappa shape index (κ2) is 6.48. The molecule has 1 aliphatic rings. The van der Waals surface area contributed by atoms with Gasteiger partial charge in [-0.3, -0.25) is 0 Å². The van der Waals surface area contributed by atoms with Gasteiger partial charge < -0.3 is 10.6 Å². The maximum Gasteiger partial charge on any atom is 0.315 e. The van der Waals surface area contributed by atoms with Gasteiger partial charge in [0, 0.05) is 16.1 Å². The van der Waals surface area contributed by atoms with E-state index in [9.17, 15) is 9.18 Å². The number of carbonyl (C=O) groups is 1. The highest BCUT2D eigenvalue weighted by molar-refractivity contribution is 9.10. The highest BCUT2D eigenvalue weighted by atomic mass is 79.9. The third kappa shape index (κ3) is 3.65. The molecule has 1 saturated carbocycles. The molecule has 2 N–H and O–H groups in total. The molecule has 0 radical (unpaired) electrons. The summed E-state index contributed by atoms with van der Waals surface area (Å²) in [6, 6.07) is 13.7. The van der Waals surface area contributed by atoms with E-state index in [1.807, 2.05) is 30.3 Å². The maximum atomic E-state index is 14.3. The summed E-state index contributed by atoms with van der Waals surface area (Å²) in [7, 11) is 0. The number of carbonyl (C=O) groups excluding carboxylic acids is 1. The molecule has 3 rings (SSSR count). The zero-order valence-electron chi connectivity index (χ0n) is 11.9. The Labute approximate surface area is 137 Å². The van der Waals surface area contributed by atoms with Crippen LogP contribution in [0, 0.1) is 5.82 Å². The molecule has 1 aliphatic carbocycles. The maximum absolute atomic E-state index is 14.3. The van der Waals surface area contributed by atoms with Crippen molar-refractivity contribution in [2.24, 2.45) is 0 Å². The van der Waals surface area contributed by atoms with Crippen molar-refractivity contribution < 1.29 is 9.18 Å². The van der Waals surface area contributed by atoms with Crippen molar-refractivity contribution in [2.45, 2.75) is 24.9 Å². The summed E-state index contributed by atoms with van der Waals surface area (Å²) in [5, 5.41) is 5.75. The van der Waals surface area contributed by atoms with Gasteiger partial charge in [0.1, 0.15) is 5.82 Å². The zero-order chi connectivity index (χ0) is 15.5. The van der Waals surface area contributed by atoms with Crippen LogP contribution >= 0.6 is 15.9 Å². The Morgan fingerprint density at radius 3 is 2.55 bits per heavy atom. The summed E-state index contributed by atoms with van der Waals surface area (Å²) >= 11 is 3.25. The average molecular weight is 363 g/mol. The quantitative estimate of drug-likeness (QED) is 0.842. The number of urea groups is 1. The van der Waals surface area contributed by atoms with Gasteiger partial charge in [0.25, 0.3) is 0 Å². The molecule has 1 fully saturated rings. The number of halogens is 2. The minimum Gasteiger partial charge on any atom is -0.335 e. The van der Waals surface area contributed by atoms with E-state index in [-0.39, 0.29) is 17.9 Å². The highest BCUT2D eigenvalue weighted by Gasteiger charge is 2.26. The van der Waals surface area contributed by atoms with Crippen LogP contribution in [0.15, 0.2) is 53.0 Å². The van der Waals surface area contributed by atoms with Crippen molar-refractivity contribution in [1.29, 1.82) is 0 Å². The van der Waals surface area contributed by atoms with Crippen LogP contribution in [0.3, 0.4) is 0 Å². The van der Waals surface area contributed by atoms with E-state index in [4.69, 9.17) is 0 Å². The first-order valence-electron chi connectivity index (χ1n) is 7.20.